The monoisotopic (exact) mass is 332 g/mol. The summed E-state index contributed by atoms with van der Waals surface area (Å²) in [4.78, 5) is 25.3. The van der Waals surface area contributed by atoms with E-state index in [0.29, 0.717) is 6.42 Å². The van der Waals surface area contributed by atoms with E-state index in [1.807, 2.05) is 32.0 Å². The number of rotatable bonds is 3. The molecule has 0 amide bonds. The van der Waals surface area contributed by atoms with Gasteiger partial charge in [0.2, 0.25) is 0 Å². The van der Waals surface area contributed by atoms with Crippen molar-refractivity contribution in [3.8, 4) is 0 Å². The van der Waals surface area contributed by atoms with Gasteiger partial charge in [-0.1, -0.05) is 58.9 Å². The molecule has 132 valence electrons. The van der Waals surface area contributed by atoms with Gasteiger partial charge in [-0.25, -0.2) is 0 Å². The third kappa shape index (κ3) is 3.19. The van der Waals surface area contributed by atoms with Gasteiger partial charge in [0.25, 0.3) is 5.79 Å². The molecule has 2 rings (SSSR count). The Kier molecular flexibility index (Phi) is 4.55. The predicted octanol–water partition coefficient (Wildman–Crippen LogP) is 4.10. The minimum absolute atomic E-state index is 0.102. The third-order valence-electron chi connectivity index (χ3n) is 4.89. The molecule has 1 atom stereocenters. The topological polar surface area (TPSA) is 52.6 Å². The van der Waals surface area contributed by atoms with Gasteiger partial charge in [-0.3, -0.25) is 9.59 Å². The fourth-order valence-electron chi connectivity index (χ4n) is 3.42. The summed E-state index contributed by atoms with van der Waals surface area (Å²) in [6, 6.07) is 8.00. The molecular weight excluding hydrogens is 304 g/mol. The van der Waals surface area contributed by atoms with E-state index in [4.69, 9.17) is 9.47 Å². The van der Waals surface area contributed by atoms with E-state index < -0.39 is 29.1 Å². The first-order chi connectivity index (χ1) is 10.9. The molecule has 24 heavy (non-hydrogen) atoms. The standard InChI is InChI=1S/C20H28O4/c1-8-20(7,14-12-10-9-11-13(14)18(2,3)4)15-16(21)23-19(5,6)24-17(15)22/h9-12,15H,8H2,1-7H3/t20-/m0/s1. The van der Waals surface area contributed by atoms with Crippen molar-refractivity contribution in [1.82, 2.24) is 0 Å². The normalized spacial score (nSPS) is 21.0. The zero-order valence-electron chi connectivity index (χ0n) is 15.7. The van der Waals surface area contributed by atoms with Crippen LogP contribution in [0, 0.1) is 5.92 Å². The van der Waals surface area contributed by atoms with Crippen LogP contribution in [-0.2, 0) is 29.9 Å². The van der Waals surface area contributed by atoms with Crippen LogP contribution in [0.5, 0.6) is 0 Å². The fourth-order valence-corrected chi connectivity index (χ4v) is 3.42. The Labute approximate surface area is 144 Å². The minimum Gasteiger partial charge on any atom is -0.422 e. The maximum atomic E-state index is 12.6. The molecule has 4 heteroatoms. The fraction of sp³-hybridized carbons (Fsp3) is 0.600. The second-order valence-corrected chi connectivity index (χ2v) is 8.24. The van der Waals surface area contributed by atoms with E-state index in [-0.39, 0.29) is 5.41 Å². The van der Waals surface area contributed by atoms with Crippen molar-refractivity contribution in [2.45, 2.75) is 71.5 Å². The van der Waals surface area contributed by atoms with Crippen molar-refractivity contribution in [1.29, 1.82) is 0 Å². The van der Waals surface area contributed by atoms with Crippen LogP contribution in [-0.4, -0.2) is 17.7 Å². The van der Waals surface area contributed by atoms with Crippen LogP contribution < -0.4 is 0 Å². The smallest absolute Gasteiger partial charge is 0.324 e. The molecule has 0 radical (unpaired) electrons. The van der Waals surface area contributed by atoms with Gasteiger partial charge in [0, 0.05) is 19.3 Å². The Morgan fingerprint density at radius 1 is 0.958 bits per heavy atom. The summed E-state index contributed by atoms with van der Waals surface area (Å²) in [6.45, 7) is 13.5. The highest BCUT2D eigenvalue weighted by molar-refractivity contribution is 5.98. The van der Waals surface area contributed by atoms with Crippen LogP contribution in [0.4, 0.5) is 0 Å². The molecule has 1 aromatic rings. The van der Waals surface area contributed by atoms with Gasteiger partial charge < -0.3 is 9.47 Å². The SMILES string of the molecule is CC[C@@](C)(c1ccccc1C(C)(C)C)C1C(=O)OC(C)(C)OC1=O. The number of benzene rings is 1. The summed E-state index contributed by atoms with van der Waals surface area (Å²) < 4.78 is 10.7. The molecule has 0 aromatic heterocycles. The molecule has 0 N–H and O–H groups in total. The summed E-state index contributed by atoms with van der Waals surface area (Å²) in [5.41, 5.74) is 1.34. The van der Waals surface area contributed by atoms with E-state index >= 15 is 0 Å². The number of carbonyl (C=O) groups is 2. The lowest BCUT2D eigenvalue weighted by atomic mass is 9.65. The average Bonchev–Trinajstić information content (AvgIpc) is 2.44. The van der Waals surface area contributed by atoms with Crippen LogP contribution in [0.15, 0.2) is 24.3 Å². The third-order valence-corrected chi connectivity index (χ3v) is 4.89. The summed E-state index contributed by atoms with van der Waals surface area (Å²) in [5.74, 6) is -3.18. The maximum Gasteiger partial charge on any atom is 0.324 e. The van der Waals surface area contributed by atoms with Crippen molar-refractivity contribution in [2.75, 3.05) is 0 Å². The first kappa shape index (κ1) is 18.5. The molecule has 1 fully saturated rings. The van der Waals surface area contributed by atoms with Crippen LogP contribution in [0.3, 0.4) is 0 Å². The van der Waals surface area contributed by atoms with Gasteiger partial charge in [0.15, 0.2) is 5.92 Å². The minimum atomic E-state index is -1.21. The van der Waals surface area contributed by atoms with Gasteiger partial charge >= 0.3 is 11.9 Å². The van der Waals surface area contributed by atoms with E-state index in [0.717, 1.165) is 11.1 Å². The van der Waals surface area contributed by atoms with Crippen LogP contribution in [0.25, 0.3) is 0 Å². The van der Waals surface area contributed by atoms with Gasteiger partial charge in [-0.05, 0) is 23.0 Å². The highest BCUT2D eigenvalue weighted by Crippen LogP contribution is 2.44. The second kappa shape index (κ2) is 5.91. The molecular formula is C20H28O4. The summed E-state index contributed by atoms with van der Waals surface area (Å²) in [5, 5.41) is 0. The first-order valence-electron chi connectivity index (χ1n) is 8.48. The van der Waals surface area contributed by atoms with E-state index in [9.17, 15) is 9.59 Å². The molecule has 1 aliphatic rings. The molecule has 0 bridgehead atoms. The Morgan fingerprint density at radius 3 is 1.83 bits per heavy atom. The molecule has 0 aliphatic carbocycles. The zero-order chi connectivity index (χ0) is 18.3. The summed E-state index contributed by atoms with van der Waals surface area (Å²) in [6.07, 6.45) is 0.620. The molecule has 1 heterocycles. The summed E-state index contributed by atoms with van der Waals surface area (Å²) >= 11 is 0. The number of cyclic esters (lactones) is 2. The molecule has 1 saturated heterocycles. The molecule has 0 unspecified atom stereocenters. The van der Waals surface area contributed by atoms with Crippen molar-refractivity contribution >= 4 is 11.9 Å². The van der Waals surface area contributed by atoms with Crippen molar-refractivity contribution in [3.63, 3.8) is 0 Å². The van der Waals surface area contributed by atoms with Crippen molar-refractivity contribution < 1.29 is 19.1 Å². The number of hydrogen-bond donors (Lipinski definition) is 0. The number of hydrogen-bond acceptors (Lipinski definition) is 4. The molecule has 0 saturated carbocycles. The van der Waals surface area contributed by atoms with Gasteiger partial charge in [-0.15, -0.1) is 0 Å². The predicted molar refractivity (Wildman–Crippen MR) is 92.5 cm³/mol. The molecule has 4 nitrogen and oxygen atoms in total. The highest BCUT2D eigenvalue weighted by Gasteiger charge is 2.53. The van der Waals surface area contributed by atoms with Gasteiger partial charge in [0.05, 0.1) is 0 Å². The Morgan fingerprint density at radius 2 is 1.42 bits per heavy atom. The number of ether oxygens (including phenoxy) is 2. The second-order valence-electron chi connectivity index (χ2n) is 8.24. The summed E-state index contributed by atoms with van der Waals surface area (Å²) in [7, 11) is 0. The quantitative estimate of drug-likeness (QED) is 0.617. The number of carbonyl (C=O) groups excluding carboxylic acids is 2. The highest BCUT2D eigenvalue weighted by atomic mass is 16.7. The Balaban J connectivity index is 2.58. The van der Waals surface area contributed by atoms with Crippen LogP contribution >= 0.6 is 0 Å². The van der Waals surface area contributed by atoms with Gasteiger partial charge in [-0.2, -0.15) is 0 Å². The van der Waals surface area contributed by atoms with E-state index in [2.05, 4.69) is 26.8 Å². The van der Waals surface area contributed by atoms with E-state index in [1.54, 1.807) is 13.8 Å². The average molecular weight is 332 g/mol. The first-order valence-corrected chi connectivity index (χ1v) is 8.48. The molecule has 1 aromatic carbocycles. The zero-order valence-corrected chi connectivity index (χ0v) is 15.7. The lowest BCUT2D eigenvalue weighted by Crippen LogP contribution is -2.53. The lowest BCUT2D eigenvalue weighted by molar-refractivity contribution is -0.243. The Bertz CT molecular complexity index is 634. The van der Waals surface area contributed by atoms with Gasteiger partial charge in [0.1, 0.15) is 0 Å². The molecule has 0 spiro atoms. The van der Waals surface area contributed by atoms with Crippen LogP contribution in [0.1, 0.15) is 66.0 Å². The van der Waals surface area contributed by atoms with Crippen molar-refractivity contribution in [2.24, 2.45) is 5.92 Å². The largest absolute Gasteiger partial charge is 0.422 e. The van der Waals surface area contributed by atoms with E-state index in [1.165, 1.54) is 0 Å². The maximum absolute atomic E-state index is 12.6. The van der Waals surface area contributed by atoms with Crippen molar-refractivity contribution in [3.05, 3.63) is 35.4 Å². The lowest BCUT2D eigenvalue weighted by Gasteiger charge is -2.42. The number of esters is 2. The molecule has 1 aliphatic heterocycles. The Hall–Kier alpha value is -1.84. The van der Waals surface area contributed by atoms with Crippen LogP contribution in [0.2, 0.25) is 0 Å².